The molecule has 0 fully saturated rings. The van der Waals surface area contributed by atoms with Gasteiger partial charge in [0.25, 0.3) is 0 Å². The van der Waals surface area contributed by atoms with Crippen molar-refractivity contribution in [2.75, 3.05) is 5.75 Å². The van der Waals surface area contributed by atoms with Crippen molar-refractivity contribution in [2.24, 2.45) is 0 Å². The van der Waals surface area contributed by atoms with Crippen LogP contribution in [-0.4, -0.2) is 26.1 Å². The summed E-state index contributed by atoms with van der Waals surface area (Å²) in [6.45, 7) is 0. The predicted molar refractivity (Wildman–Crippen MR) is 80.8 cm³/mol. The van der Waals surface area contributed by atoms with Crippen molar-refractivity contribution in [1.29, 1.82) is 0 Å². The summed E-state index contributed by atoms with van der Waals surface area (Å²) in [5.41, 5.74) is 0.646. The smallest absolute Gasteiger partial charge is 0.227 e. The number of hydrogen-bond acceptors (Lipinski definition) is 3. The van der Waals surface area contributed by atoms with Crippen molar-refractivity contribution in [3.8, 4) is 0 Å². The number of hydrogen-bond donors (Lipinski definition) is 1. The fraction of sp³-hybridized carbons (Fsp3) is 0.438. The van der Waals surface area contributed by atoms with E-state index in [4.69, 9.17) is 0 Å². The molecule has 3 rings (SSSR count). The highest BCUT2D eigenvalue weighted by Gasteiger charge is 2.34. The van der Waals surface area contributed by atoms with Crippen LogP contribution in [0.4, 0.5) is 0 Å². The third kappa shape index (κ3) is 2.88. The van der Waals surface area contributed by atoms with Crippen LogP contribution in [0.25, 0.3) is 0 Å². The molecule has 0 saturated carbocycles. The van der Waals surface area contributed by atoms with Crippen molar-refractivity contribution >= 4 is 15.7 Å². The van der Waals surface area contributed by atoms with E-state index < -0.39 is 9.84 Å². The molecule has 0 saturated heterocycles. The van der Waals surface area contributed by atoms with Gasteiger partial charge in [0.05, 0.1) is 16.6 Å². The maximum absolute atomic E-state index is 12.5. The lowest BCUT2D eigenvalue weighted by Crippen LogP contribution is -2.40. The van der Waals surface area contributed by atoms with E-state index in [0.29, 0.717) is 16.9 Å². The topological polar surface area (TPSA) is 63.2 Å². The number of fused-ring (bicyclic) bond motifs is 1. The summed E-state index contributed by atoms with van der Waals surface area (Å²) in [5, 5.41) is 3.07. The lowest BCUT2D eigenvalue weighted by Gasteiger charge is -2.27. The zero-order valence-corrected chi connectivity index (χ0v) is 12.6. The Kier molecular flexibility index (Phi) is 3.85. The van der Waals surface area contributed by atoms with Crippen molar-refractivity contribution < 1.29 is 13.2 Å². The number of rotatable bonds is 2. The van der Waals surface area contributed by atoms with Gasteiger partial charge in [-0.3, -0.25) is 4.79 Å². The minimum Gasteiger partial charge on any atom is -0.353 e. The minimum absolute atomic E-state index is 0.0438. The van der Waals surface area contributed by atoms with Crippen LogP contribution in [0.2, 0.25) is 0 Å². The quantitative estimate of drug-likeness (QED) is 0.852. The van der Waals surface area contributed by atoms with Gasteiger partial charge in [0.1, 0.15) is 0 Å². The summed E-state index contributed by atoms with van der Waals surface area (Å²) in [5.74, 6) is -0.347. The van der Waals surface area contributed by atoms with E-state index in [2.05, 4.69) is 17.5 Å². The third-order valence-electron chi connectivity index (χ3n) is 4.24. The number of benzene rings is 1. The van der Waals surface area contributed by atoms with Gasteiger partial charge in [-0.1, -0.05) is 30.4 Å². The van der Waals surface area contributed by atoms with Crippen molar-refractivity contribution in [3.05, 3.63) is 42.0 Å². The Hall–Kier alpha value is -1.62. The summed E-state index contributed by atoms with van der Waals surface area (Å²) >= 11 is 0. The second kappa shape index (κ2) is 5.64. The average molecular weight is 305 g/mol. The van der Waals surface area contributed by atoms with Gasteiger partial charge in [0.15, 0.2) is 9.84 Å². The van der Waals surface area contributed by atoms with E-state index in [-0.39, 0.29) is 23.6 Å². The highest BCUT2D eigenvalue weighted by molar-refractivity contribution is 7.91. The molecule has 1 aromatic rings. The molecular weight excluding hydrogens is 286 g/mol. The molecule has 2 atom stereocenters. The summed E-state index contributed by atoms with van der Waals surface area (Å²) < 4.78 is 24.2. The largest absolute Gasteiger partial charge is 0.353 e. The summed E-state index contributed by atoms with van der Waals surface area (Å²) in [4.78, 5) is 12.8. The molecular formula is C16H19NO3S. The second-order valence-electron chi connectivity index (χ2n) is 5.69. The van der Waals surface area contributed by atoms with Crippen molar-refractivity contribution in [2.45, 2.75) is 42.5 Å². The van der Waals surface area contributed by atoms with Crippen molar-refractivity contribution in [3.63, 3.8) is 0 Å². The van der Waals surface area contributed by atoms with E-state index >= 15 is 0 Å². The fourth-order valence-corrected chi connectivity index (χ4v) is 4.71. The molecule has 0 spiro atoms. The molecule has 1 amide bonds. The lowest BCUT2D eigenvalue weighted by atomic mass is 9.93. The molecule has 1 N–H and O–H groups in total. The fourth-order valence-electron chi connectivity index (χ4n) is 3.09. The average Bonchev–Trinajstić information content (AvgIpc) is 2.48. The minimum atomic E-state index is -3.23. The van der Waals surface area contributed by atoms with Crippen LogP contribution in [-0.2, 0) is 14.6 Å². The standard InChI is InChI=1S/C16H19NO3S/c18-16(17-12-6-2-1-3-7-12)14-10-11-21(19,20)15-9-5-4-8-13(14)15/h1-2,4-5,8-9,12,14H,3,6-7,10-11H2,(H,17,18). The maximum atomic E-state index is 12.5. The van der Waals surface area contributed by atoms with Gasteiger partial charge < -0.3 is 5.32 Å². The summed E-state index contributed by atoms with van der Waals surface area (Å²) in [6, 6.07) is 7.05. The first kappa shape index (κ1) is 14.3. The zero-order chi connectivity index (χ0) is 14.9. The van der Waals surface area contributed by atoms with Crippen LogP contribution >= 0.6 is 0 Å². The third-order valence-corrected chi connectivity index (χ3v) is 6.05. The molecule has 2 aliphatic rings. The Balaban J connectivity index is 1.83. The monoisotopic (exact) mass is 305 g/mol. The van der Waals surface area contributed by atoms with Crippen LogP contribution < -0.4 is 5.32 Å². The molecule has 112 valence electrons. The predicted octanol–water partition coefficient (Wildman–Crippen LogP) is 2.17. The highest BCUT2D eigenvalue weighted by atomic mass is 32.2. The summed E-state index contributed by atoms with van der Waals surface area (Å²) in [6.07, 6.45) is 7.39. The lowest BCUT2D eigenvalue weighted by molar-refractivity contribution is -0.123. The van der Waals surface area contributed by atoms with E-state index in [9.17, 15) is 13.2 Å². The molecule has 21 heavy (non-hydrogen) atoms. The van der Waals surface area contributed by atoms with E-state index in [0.717, 1.165) is 19.3 Å². The molecule has 4 nitrogen and oxygen atoms in total. The van der Waals surface area contributed by atoms with E-state index in [1.165, 1.54) is 0 Å². The number of carbonyl (C=O) groups excluding carboxylic acids is 1. The van der Waals surface area contributed by atoms with Crippen LogP contribution in [0.5, 0.6) is 0 Å². The van der Waals surface area contributed by atoms with Gasteiger partial charge in [-0.2, -0.15) is 0 Å². The number of carbonyl (C=O) groups is 1. The Morgan fingerprint density at radius 1 is 1.14 bits per heavy atom. The molecule has 2 unspecified atom stereocenters. The van der Waals surface area contributed by atoms with Gasteiger partial charge >= 0.3 is 0 Å². The Labute approximate surface area is 125 Å². The van der Waals surface area contributed by atoms with Crippen molar-refractivity contribution in [1.82, 2.24) is 5.32 Å². The Morgan fingerprint density at radius 3 is 2.71 bits per heavy atom. The van der Waals surface area contributed by atoms with Gasteiger partial charge in [-0.25, -0.2) is 8.42 Å². The zero-order valence-electron chi connectivity index (χ0n) is 11.8. The van der Waals surface area contributed by atoms with Gasteiger partial charge in [0, 0.05) is 6.04 Å². The molecule has 0 radical (unpaired) electrons. The second-order valence-corrected chi connectivity index (χ2v) is 7.77. The first-order valence-corrected chi connectivity index (χ1v) is 9.00. The van der Waals surface area contributed by atoms with Crippen LogP contribution in [0, 0.1) is 0 Å². The number of amides is 1. The maximum Gasteiger partial charge on any atom is 0.227 e. The summed E-state index contributed by atoms with van der Waals surface area (Å²) in [7, 11) is -3.23. The number of sulfone groups is 1. The first-order valence-electron chi connectivity index (χ1n) is 7.35. The normalized spacial score (nSPS) is 26.9. The van der Waals surface area contributed by atoms with Crippen LogP contribution in [0.1, 0.15) is 37.2 Å². The Morgan fingerprint density at radius 2 is 1.95 bits per heavy atom. The molecule has 1 aliphatic heterocycles. The molecule has 1 aliphatic carbocycles. The molecule has 0 aromatic heterocycles. The van der Waals surface area contributed by atoms with Crippen LogP contribution in [0.15, 0.2) is 41.3 Å². The Bertz CT molecular complexity index is 679. The van der Waals surface area contributed by atoms with E-state index in [1.807, 2.05) is 0 Å². The van der Waals surface area contributed by atoms with Gasteiger partial charge in [-0.05, 0) is 37.3 Å². The van der Waals surface area contributed by atoms with E-state index in [1.54, 1.807) is 24.3 Å². The number of nitrogens with one attached hydrogen (secondary N) is 1. The number of allylic oxidation sites excluding steroid dienone is 1. The van der Waals surface area contributed by atoms with Gasteiger partial charge in [0.2, 0.25) is 5.91 Å². The first-order chi connectivity index (χ1) is 10.1. The van der Waals surface area contributed by atoms with Gasteiger partial charge in [-0.15, -0.1) is 0 Å². The van der Waals surface area contributed by atoms with Crippen LogP contribution in [0.3, 0.4) is 0 Å². The molecule has 5 heteroatoms. The molecule has 1 aromatic carbocycles. The molecule has 0 bridgehead atoms. The molecule has 1 heterocycles. The highest BCUT2D eigenvalue weighted by Crippen LogP contribution is 2.33. The SMILES string of the molecule is O=C(NC1CC=CCC1)C1CCS(=O)(=O)c2ccccc21.